The number of amides is 2. The Morgan fingerprint density at radius 1 is 1.00 bits per heavy atom. The van der Waals surface area contributed by atoms with E-state index in [1.54, 1.807) is 37.3 Å². The van der Waals surface area contributed by atoms with Gasteiger partial charge < -0.3 is 10.2 Å². The third kappa shape index (κ3) is 7.39. The maximum absolute atomic E-state index is 15.0. The molecule has 2 amide bonds. The van der Waals surface area contributed by atoms with Crippen molar-refractivity contribution in [3.05, 3.63) is 93.7 Å². The molecule has 0 spiro atoms. The van der Waals surface area contributed by atoms with Crippen LogP contribution in [0.15, 0.2) is 71.6 Å². The van der Waals surface area contributed by atoms with Gasteiger partial charge in [-0.3, -0.25) is 13.9 Å². The molecule has 1 aliphatic rings. The van der Waals surface area contributed by atoms with Gasteiger partial charge in [0.05, 0.1) is 20.6 Å². The third-order valence-electron chi connectivity index (χ3n) is 7.21. The highest BCUT2D eigenvalue weighted by Gasteiger charge is 2.34. The molecule has 0 saturated heterocycles. The van der Waals surface area contributed by atoms with Crippen molar-refractivity contribution in [2.75, 3.05) is 10.8 Å². The van der Waals surface area contributed by atoms with Gasteiger partial charge in [0.25, 0.3) is 10.0 Å². The zero-order valence-electron chi connectivity index (χ0n) is 22.8. The number of hydrogen-bond acceptors (Lipinski definition) is 4. The lowest BCUT2D eigenvalue weighted by Crippen LogP contribution is -2.52. The lowest BCUT2D eigenvalue weighted by atomic mass is 10.1. The number of hydrogen-bond donors (Lipinski definition) is 1. The van der Waals surface area contributed by atoms with Crippen LogP contribution in [0.5, 0.6) is 0 Å². The summed E-state index contributed by atoms with van der Waals surface area (Å²) in [7, 11) is -4.37. The molecular weight excluding hydrogens is 588 g/mol. The highest BCUT2D eigenvalue weighted by atomic mass is 35.5. The average Bonchev–Trinajstić information content (AvgIpc) is 3.45. The van der Waals surface area contributed by atoms with Crippen LogP contribution in [0.3, 0.4) is 0 Å². The summed E-state index contributed by atoms with van der Waals surface area (Å²) in [5, 5.41) is 3.61. The molecule has 1 atom stereocenters. The van der Waals surface area contributed by atoms with Crippen LogP contribution in [0.4, 0.5) is 10.1 Å². The monoisotopic (exact) mass is 619 g/mol. The number of rotatable bonds is 10. The van der Waals surface area contributed by atoms with Crippen LogP contribution < -0.4 is 9.62 Å². The van der Waals surface area contributed by atoms with Gasteiger partial charge in [0.1, 0.15) is 18.4 Å². The van der Waals surface area contributed by atoms with E-state index in [4.69, 9.17) is 23.2 Å². The molecule has 218 valence electrons. The molecule has 1 aliphatic carbocycles. The number of anilines is 1. The van der Waals surface area contributed by atoms with Gasteiger partial charge in [-0.1, -0.05) is 71.9 Å². The fourth-order valence-electron chi connectivity index (χ4n) is 4.81. The molecule has 11 heteroatoms. The number of sulfonamides is 1. The normalized spacial score (nSPS) is 14.5. The maximum Gasteiger partial charge on any atom is 0.264 e. The van der Waals surface area contributed by atoms with Crippen LogP contribution >= 0.6 is 23.2 Å². The predicted octanol–water partition coefficient (Wildman–Crippen LogP) is 6.11. The number of nitrogens with one attached hydrogen (secondary N) is 1. The summed E-state index contributed by atoms with van der Waals surface area (Å²) in [5.74, 6) is -1.85. The first-order valence-electron chi connectivity index (χ1n) is 13.3. The van der Waals surface area contributed by atoms with Gasteiger partial charge in [-0.25, -0.2) is 12.8 Å². The van der Waals surface area contributed by atoms with Crippen LogP contribution in [0.25, 0.3) is 0 Å². The van der Waals surface area contributed by atoms with Crippen LogP contribution in [0, 0.1) is 12.7 Å². The number of benzene rings is 3. The van der Waals surface area contributed by atoms with Crippen molar-refractivity contribution in [3.8, 4) is 0 Å². The molecule has 41 heavy (non-hydrogen) atoms. The molecule has 1 saturated carbocycles. The van der Waals surface area contributed by atoms with Gasteiger partial charge >= 0.3 is 0 Å². The van der Waals surface area contributed by atoms with Crippen molar-refractivity contribution in [2.45, 2.75) is 63.1 Å². The summed E-state index contributed by atoms with van der Waals surface area (Å²) < 4.78 is 43.4. The Balaban J connectivity index is 1.70. The second-order valence-corrected chi connectivity index (χ2v) is 12.9. The van der Waals surface area contributed by atoms with Crippen LogP contribution in [0.1, 0.15) is 43.7 Å². The van der Waals surface area contributed by atoms with Crippen molar-refractivity contribution in [1.82, 2.24) is 10.2 Å². The highest BCUT2D eigenvalue weighted by Crippen LogP contribution is 2.28. The number of para-hydroxylation sites is 1. The van der Waals surface area contributed by atoms with Crippen molar-refractivity contribution >= 4 is 50.7 Å². The molecule has 3 aromatic rings. The molecule has 3 aromatic carbocycles. The third-order valence-corrected chi connectivity index (χ3v) is 9.73. The Morgan fingerprint density at radius 2 is 1.66 bits per heavy atom. The SMILES string of the molecule is Cc1ccc(S(=O)(=O)N(CC(=O)N(Cc2ccc(Cl)c(Cl)c2)C(C)C(=O)NC2CCCC2)c2ccccc2F)cc1. The summed E-state index contributed by atoms with van der Waals surface area (Å²) in [5.41, 5.74) is 1.15. The Morgan fingerprint density at radius 3 is 2.29 bits per heavy atom. The van der Waals surface area contributed by atoms with Gasteiger partial charge in [0.2, 0.25) is 11.8 Å². The fraction of sp³-hybridized carbons (Fsp3) is 0.333. The van der Waals surface area contributed by atoms with E-state index in [0.29, 0.717) is 10.6 Å². The number of carbonyl (C=O) groups is 2. The number of aryl methyl sites for hydroxylation is 1. The van der Waals surface area contributed by atoms with E-state index in [2.05, 4.69) is 5.32 Å². The number of carbonyl (C=O) groups excluding carboxylic acids is 2. The van der Waals surface area contributed by atoms with Crippen molar-refractivity contribution in [2.24, 2.45) is 0 Å². The van der Waals surface area contributed by atoms with E-state index in [0.717, 1.165) is 41.6 Å². The van der Waals surface area contributed by atoms with E-state index >= 15 is 4.39 Å². The van der Waals surface area contributed by atoms with Crippen LogP contribution in [-0.4, -0.2) is 43.8 Å². The van der Waals surface area contributed by atoms with Crippen molar-refractivity contribution in [3.63, 3.8) is 0 Å². The molecule has 0 aromatic heterocycles. The summed E-state index contributed by atoms with van der Waals surface area (Å²) in [6, 6.07) is 15.3. The fourth-order valence-corrected chi connectivity index (χ4v) is 6.56. The van der Waals surface area contributed by atoms with Crippen LogP contribution in [-0.2, 0) is 26.2 Å². The quantitative estimate of drug-likeness (QED) is 0.296. The van der Waals surface area contributed by atoms with Gasteiger partial charge in [-0.2, -0.15) is 0 Å². The molecule has 0 bridgehead atoms. The molecule has 4 rings (SSSR count). The Bertz CT molecular complexity index is 1510. The predicted molar refractivity (Wildman–Crippen MR) is 159 cm³/mol. The summed E-state index contributed by atoms with van der Waals surface area (Å²) in [6.07, 6.45) is 3.74. The molecular formula is C30H32Cl2FN3O4S. The molecule has 7 nitrogen and oxygen atoms in total. The van der Waals surface area contributed by atoms with E-state index in [-0.39, 0.29) is 34.1 Å². The highest BCUT2D eigenvalue weighted by molar-refractivity contribution is 7.92. The lowest BCUT2D eigenvalue weighted by molar-refractivity contribution is -0.139. The number of nitrogens with zero attached hydrogens (tertiary/aromatic N) is 2. The number of halogens is 3. The zero-order valence-corrected chi connectivity index (χ0v) is 25.1. The Labute approximate surface area is 250 Å². The molecule has 1 fully saturated rings. The van der Waals surface area contributed by atoms with Gasteiger partial charge in [-0.05, 0) is 68.7 Å². The first kappa shape index (κ1) is 30.8. The smallest absolute Gasteiger partial charge is 0.264 e. The summed E-state index contributed by atoms with van der Waals surface area (Å²) in [4.78, 5) is 28.4. The molecule has 1 N–H and O–H groups in total. The van der Waals surface area contributed by atoms with E-state index in [9.17, 15) is 18.0 Å². The minimum atomic E-state index is -4.37. The maximum atomic E-state index is 15.0. The topological polar surface area (TPSA) is 86.8 Å². The van der Waals surface area contributed by atoms with E-state index < -0.39 is 34.3 Å². The molecule has 0 aliphatic heterocycles. The molecule has 1 unspecified atom stereocenters. The van der Waals surface area contributed by atoms with E-state index in [1.807, 2.05) is 6.92 Å². The van der Waals surface area contributed by atoms with Crippen LogP contribution in [0.2, 0.25) is 10.0 Å². The Hall–Kier alpha value is -3.14. The van der Waals surface area contributed by atoms with Crippen molar-refractivity contribution < 1.29 is 22.4 Å². The van der Waals surface area contributed by atoms with Gasteiger partial charge in [0.15, 0.2) is 0 Å². The molecule has 0 radical (unpaired) electrons. The Kier molecular flexibility index (Phi) is 9.94. The minimum absolute atomic E-state index is 0.0173. The first-order valence-corrected chi connectivity index (χ1v) is 15.5. The van der Waals surface area contributed by atoms with Gasteiger partial charge in [-0.15, -0.1) is 0 Å². The minimum Gasteiger partial charge on any atom is -0.352 e. The summed E-state index contributed by atoms with van der Waals surface area (Å²) >= 11 is 12.3. The standard InChI is InChI=1S/C30H32Cl2FN3O4S/c1-20-11-14-24(15-12-20)41(39,40)36(28-10-6-5-9-27(28)33)19-29(37)35(18-22-13-16-25(31)26(32)17-22)21(2)30(38)34-23-7-3-4-8-23/h5-6,9-17,21,23H,3-4,7-8,18-19H2,1-2H3,(H,34,38). The summed E-state index contributed by atoms with van der Waals surface area (Å²) in [6.45, 7) is 2.61. The zero-order chi connectivity index (χ0) is 29.7. The first-order chi connectivity index (χ1) is 19.5. The van der Waals surface area contributed by atoms with Gasteiger partial charge in [0, 0.05) is 12.6 Å². The van der Waals surface area contributed by atoms with Crippen molar-refractivity contribution in [1.29, 1.82) is 0 Å². The lowest BCUT2D eigenvalue weighted by Gasteiger charge is -2.32. The molecule has 0 heterocycles. The largest absolute Gasteiger partial charge is 0.352 e. The average molecular weight is 621 g/mol. The second-order valence-electron chi connectivity index (χ2n) is 10.2. The second kappa shape index (κ2) is 13.2. The van der Waals surface area contributed by atoms with E-state index in [1.165, 1.54) is 35.2 Å².